The van der Waals surface area contributed by atoms with Crippen molar-refractivity contribution >= 4 is 35.7 Å². The minimum atomic E-state index is -0.550. The normalized spacial score (nSPS) is 12.3. The topological polar surface area (TPSA) is 44.6 Å². The van der Waals surface area contributed by atoms with Gasteiger partial charge in [-0.25, -0.2) is 0 Å². The van der Waals surface area contributed by atoms with Crippen molar-refractivity contribution in [1.29, 1.82) is 0 Å². The van der Waals surface area contributed by atoms with Crippen molar-refractivity contribution in [3.63, 3.8) is 0 Å². The number of hydrogen-bond donors (Lipinski definition) is 0. The molecule has 0 atom stereocenters. The molecule has 0 spiro atoms. The van der Waals surface area contributed by atoms with E-state index < -0.39 is 6.08 Å². The summed E-state index contributed by atoms with van der Waals surface area (Å²) in [6.07, 6.45) is -0.550. The van der Waals surface area contributed by atoms with Crippen LogP contribution in [0.2, 0.25) is 0 Å². The Morgan fingerprint density at radius 3 is 2.33 bits per heavy atom. The highest BCUT2D eigenvalue weighted by Crippen LogP contribution is 2.41. The van der Waals surface area contributed by atoms with Crippen molar-refractivity contribution in [3.8, 4) is 5.75 Å². The van der Waals surface area contributed by atoms with Crippen LogP contribution in [-0.2, 0) is 0 Å². The summed E-state index contributed by atoms with van der Waals surface area (Å²) in [5, 5.41) is 11.6. The van der Waals surface area contributed by atoms with Gasteiger partial charge in [-0.3, -0.25) is 9.48 Å². The fraction of sp³-hybridized carbons (Fsp3) is 0.562. The molecular weight excluding hydrogens is 379 g/mol. The fourth-order valence-electron chi connectivity index (χ4n) is 2.20. The maximum absolute atomic E-state index is 11.6. The van der Waals surface area contributed by atoms with Crippen molar-refractivity contribution in [3.05, 3.63) is 23.3 Å². The third-order valence-corrected chi connectivity index (χ3v) is 3.75. The summed E-state index contributed by atoms with van der Waals surface area (Å²) in [6, 6.07) is 4.14. The molecule has 0 saturated carbocycles. The van der Waals surface area contributed by atoms with Crippen LogP contribution in [0.1, 0.15) is 37.8 Å². The Labute approximate surface area is 145 Å². The first-order valence-electron chi connectivity index (χ1n) is 7.03. The average Bonchev–Trinajstić information content (AvgIpc) is 2.39. The third kappa shape index (κ3) is 4.57. The van der Waals surface area contributed by atoms with Gasteiger partial charge in [-0.2, -0.15) is 0 Å². The second kappa shape index (κ2) is 7.98. The molecule has 0 fully saturated rings. The van der Waals surface area contributed by atoms with Crippen LogP contribution in [0.25, 0.3) is 0 Å². The van der Waals surface area contributed by atoms with Gasteiger partial charge in [0.15, 0.2) is 5.69 Å². The number of rotatable bonds is 4. The zero-order valence-corrected chi connectivity index (χ0v) is 16.4. The molecular formula is C16H27IN2O2. The lowest BCUT2D eigenvalue weighted by atomic mass is 9.96. The summed E-state index contributed by atoms with van der Waals surface area (Å²) in [5.74, 6) is 1.02. The zero-order valence-electron chi connectivity index (χ0n) is 14.1. The number of nitrogens with zero attached hydrogens (tertiary/aromatic N) is 2. The molecule has 120 valence electrons. The Balaban J connectivity index is 0.00000400. The Morgan fingerprint density at radius 1 is 1.33 bits per heavy atom. The SMILES string of the molecule is CC[N+](C)(C)c1c(C(C)C)ccc(C)c1OC([O-])=NC.I. The molecule has 0 aliphatic carbocycles. The highest BCUT2D eigenvalue weighted by molar-refractivity contribution is 14.0. The van der Waals surface area contributed by atoms with Gasteiger partial charge in [-0.05, 0) is 25.3 Å². The zero-order chi connectivity index (χ0) is 15.5. The van der Waals surface area contributed by atoms with Gasteiger partial charge >= 0.3 is 0 Å². The van der Waals surface area contributed by atoms with Gasteiger partial charge in [-0.15, -0.1) is 24.0 Å². The van der Waals surface area contributed by atoms with Crippen molar-refractivity contribution < 1.29 is 9.84 Å². The maximum atomic E-state index is 11.6. The first-order chi connectivity index (χ1) is 9.24. The van der Waals surface area contributed by atoms with Crippen LogP contribution >= 0.6 is 24.0 Å². The van der Waals surface area contributed by atoms with Gasteiger partial charge in [-0.1, -0.05) is 26.0 Å². The van der Waals surface area contributed by atoms with Crippen LogP contribution in [0.4, 0.5) is 5.69 Å². The molecule has 4 nitrogen and oxygen atoms in total. The molecule has 0 N–H and O–H groups in total. The van der Waals surface area contributed by atoms with E-state index in [4.69, 9.17) is 4.74 Å². The Bertz CT molecular complexity index is 511. The van der Waals surface area contributed by atoms with Crippen molar-refractivity contribution in [2.45, 2.75) is 33.6 Å². The second-order valence-corrected chi connectivity index (χ2v) is 5.90. The highest BCUT2D eigenvalue weighted by Gasteiger charge is 2.26. The van der Waals surface area contributed by atoms with E-state index in [0.717, 1.165) is 17.8 Å². The Hall–Kier alpha value is -0.820. The number of quaternary nitrogens is 1. The standard InChI is InChI=1S/C16H26N2O2.HI/c1-8-18(6,7)14-13(11(2)3)10-9-12(4)15(14)20-16(19)17-5;/h9-11H,8H2,1-7H3;1H. The number of benzene rings is 1. The van der Waals surface area contributed by atoms with Crippen LogP contribution in [0.15, 0.2) is 17.1 Å². The van der Waals surface area contributed by atoms with Gasteiger partial charge in [0, 0.05) is 12.6 Å². The Kier molecular flexibility index (Phi) is 7.67. The van der Waals surface area contributed by atoms with E-state index in [1.165, 1.54) is 12.6 Å². The van der Waals surface area contributed by atoms with E-state index in [2.05, 4.69) is 45.9 Å². The monoisotopic (exact) mass is 406 g/mol. The summed E-state index contributed by atoms with van der Waals surface area (Å²) < 4.78 is 6.15. The predicted octanol–water partition coefficient (Wildman–Crippen LogP) is 3.05. The van der Waals surface area contributed by atoms with Gasteiger partial charge in [0.1, 0.15) is 6.08 Å². The van der Waals surface area contributed by atoms with Crippen LogP contribution in [0.5, 0.6) is 5.75 Å². The molecule has 0 amide bonds. The van der Waals surface area contributed by atoms with E-state index in [-0.39, 0.29) is 24.0 Å². The van der Waals surface area contributed by atoms with Crippen LogP contribution in [0, 0.1) is 6.92 Å². The molecule has 1 aromatic rings. The summed E-state index contributed by atoms with van der Waals surface area (Å²) in [5.41, 5.74) is 3.24. The number of ether oxygens (including phenoxy) is 1. The average molecular weight is 406 g/mol. The minimum Gasteiger partial charge on any atom is -0.560 e. The lowest BCUT2D eigenvalue weighted by molar-refractivity contribution is -0.240. The van der Waals surface area contributed by atoms with E-state index in [1.54, 1.807) is 0 Å². The molecule has 1 aromatic carbocycles. The van der Waals surface area contributed by atoms with Gasteiger partial charge in [0.05, 0.1) is 26.4 Å². The number of halogens is 1. The molecule has 0 aromatic heterocycles. The molecule has 0 radical (unpaired) electrons. The first kappa shape index (κ1) is 20.2. The van der Waals surface area contributed by atoms with E-state index in [9.17, 15) is 5.11 Å². The van der Waals surface area contributed by atoms with Gasteiger partial charge < -0.3 is 9.84 Å². The van der Waals surface area contributed by atoms with Gasteiger partial charge in [0.25, 0.3) is 0 Å². The molecule has 5 heteroatoms. The number of aliphatic imine (C=N–C) groups is 1. The lowest BCUT2D eigenvalue weighted by Crippen LogP contribution is -2.42. The molecule has 21 heavy (non-hydrogen) atoms. The van der Waals surface area contributed by atoms with E-state index >= 15 is 0 Å². The first-order valence-corrected chi connectivity index (χ1v) is 7.03. The third-order valence-electron chi connectivity index (χ3n) is 3.75. The molecule has 0 heterocycles. The lowest BCUT2D eigenvalue weighted by Gasteiger charge is -2.35. The van der Waals surface area contributed by atoms with Crippen molar-refractivity contribution in [1.82, 2.24) is 4.48 Å². The number of hydrogen-bond acceptors (Lipinski definition) is 3. The molecule has 0 bridgehead atoms. The fourth-order valence-corrected chi connectivity index (χ4v) is 2.20. The summed E-state index contributed by atoms with van der Waals surface area (Å²) in [6.45, 7) is 9.31. The summed E-state index contributed by atoms with van der Waals surface area (Å²) >= 11 is 0. The molecule has 0 aliphatic heterocycles. The van der Waals surface area contributed by atoms with Crippen LogP contribution < -0.4 is 14.3 Å². The molecule has 0 unspecified atom stereocenters. The molecule has 0 aliphatic rings. The smallest absolute Gasteiger partial charge is 0.150 e. The highest BCUT2D eigenvalue weighted by atomic mass is 127. The van der Waals surface area contributed by atoms with Crippen LogP contribution in [0.3, 0.4) is 0 Å². The largest absolute Gasteiger partial charge is 0.560 e. The van der Waals surface area contributed by atoms with E-state index in [1.807, 2.05) is 13.0 Å². The van der Waals surface area contributed by atoms with Crippen molar-refractivity contribution in [2.24, 2.45) is 4.99 Å². The maximum Gasteiger partial charge on any atom is 0.150 e. The molecule has 1 rings (SSSR count). The quantitative estimate of drug-likeness (QED) is 0.334. The van der Waals surface area contributed by atoms with E-state index in [0.29, 0.717) is 16.2 Å². The predicted molar refractivity (Wildman–Crippen MR) is 98.9 cm³/mol. The van der Waals surface area contributed by atoms with Crippen molar-refractivity contribution in [2.75, 3.05) is 27.7 Å². The van der Waals surface area contributed by atoms with Crippen LogP contribution in [-0.4, -0.2) is 33.8 Å². The summed E-state index contributed by atoms with van der Waals surface area (Å²) in [7, 11) is 5.70. The number of aryl methyl sites for hydroxylation is 1. The second-order valence-electron chi connectivity index (χ2n) is 5.90. The minimum absolute atomic E-state index is 0. The molecule has 0 saturated heterocycles. The van der Waals surface area contributed by atoms with Gasteiger partial charge in [0.2, 0.25) is 0 Å². The summed E-state index contributed by atoms with van der Waals surface area (Å²) in [4.78, 5) is 3.58. The Morgan fingerprint density at radius 2 is 1.90 bits per heavy atom.